The largest absolute Gasteiger partial charge is 2.00 e. The van der Waals surface area contributed by atoms with Crippen molar-refractivity contribution in [3.63, 3.8) is 0 Å². The maximum atomic E-state index is 13.0. The van der Waals surface area contributed by atoms with E-state index in [2.05, 4.69) is 6.07 Å². The maximum absolute atomic E-state index is 13.0. The van der Waals surface area contributed by atoms with Gasteiger partial charge in [0.25, 0.3) is 0 Å². The Morgan fingerprint density at radius 3 is 2.19 bits per heavy atom. The smallest absolute Gasteiger partial charge is 1.00 e. The summed E-state index contributed by atoms with van der Waals surface area (Å²) in [5.74, 6) is -0.156. The Hall–Kier alpha value is -0.384. The van der Waals surface area contributed by atoms with E-state index in [0.29, 0.717) is 5.56 Å². The van der Waals surface area contributed by atoms with Gasteiger partial charge in [-0.15, -0.1) is 5.56 Å². The van der Waals surface area contributed by atoms with Gasteiger partial charge in [0, 0.05) is 0 Å². The fraction of sp³-hybridized carbons (Fsp3) is 0.0769. The minimum atomic E-state index is -0.156. The second kappa shape index (κ2) is 7.04. The SMILES string of the molecule is Cc1cc(-c2cc[c-]cc2)ccc1F.[Br-].[Mg+2]. The summed E-state index contributed by atoms with van der Waals surface area (Å²) in [5.41, 5.74) is 2.81. The van der Waals surface area contributed by atoms with Crippen molar-refractivity contribution in [2.75, 3.05) is 0 Å². The molecule has 2 aromatic carbocycles. The first-order valence-corrected chi connectivity index (χ1v) is 4.50. The molecule has 0 heterocycles. The van der Waals surface area contributed by atoms with Crippen LogP contribution in [0.15, 0.2) is 42.5 Å². The van der Waals surface area contributed by atoms with E-state index < -0.39 is 0 Å². The Labute approximate surface area is 122 Å². The van der Waals surface area contributed by atoms with Crippen molar-refractivity contribution in [3.05, 3.63) is 59.9 Å². The molecular weight excluding hydrogens is 279 g/mol. The van der Waals surface area contributed by atoms with Gasteiger partial charge in [0.15, 0.2) is 0 Å². The molecule has 0 N–H and O–H groups in total. The predicted octanol–water partition coefficient (Wildman–Crippen LogP) is 0.225. The molecule has 0 saturated heterocycles. The van der Waals surface area contributed by atoms with Crippen LogP contribution in [0.25, 0.3) is 11.1 Å². The van der Waals surface area contributed by atoms with Crippen LogP contribution in [0.3, 0.4) is 0 Å². The fourth-order valence-electron chi connectivity index (χ4n) is 1.40. The molecule has 0 aromatic heterocycles. The van der Waals surface area contributed by atoms with Crippen molar-refractivity contribution in [1.82, 2.24) is 0 Å². The van der Waals surface area contributed by atoms with Crippen LogP contribution in [0.1, 0.15) is 5.56 Å². The number of benzene rings is 2. The first-order valence-electron chi connectivity index (χ1n) is 4.50. The van der Waals surface area contributed by atoms with Crippen molar-refractivity contribution in [2.45, 2.75) is 6.92 Å². The topological polar surface area (TPSA) is 0 Å². The van der Waals surface area contributed by atoms with Crippen LogP contribution in [0.5, 0.6) is 0 Å². The Kier molecular flexibility index (Phi) is 6.87. The van der Waals surface area contributed by atoms with Crippen molar-refractivity contribution in [1.29, 1.82) is 0 Å². The minimum absolute atomic E-state index is 0. The summed E-state index contributed by atoms with van der Waals surface area (Å²) in [6, 6.07) is 15.7. The van der Waals surface area contributed by atoms with E-state index >= 15 is 0 Å². The van der Waals surface area contributed by atoms with Gasteiger partial charge in [0.2, 0.25) is 0 Å². The van der Waals surface area contributed by atoms with Gasteiger partial charge in [-0.05, 0) is 24.1 Å². The van der Waals surface area contributed by atoms with Crippen LogP contribution in [0, 0.1) is 18.8 Å². The third-order valence-electron chi connectivity index (χ3n) is 2.21. The van der Waals surface area contributed by atoms with E-state index in [9.17, 15) is 4.39 Å². The summed E-state index contributed by atoms with van der Waals surface area (Å²) in [5, 5.41) is 0. The average Bonchev–Trinajstić information content (AvgIpc) is 2.23. The monoisotopic (exact) mass is 288 g/mol. The number of hydrogen-bond donors (Lipinski definition) is 0. The zero-order valence-electron chi connectivity index (χ0n) is 9.00. The van der Waals surface area contributed by atoms with E-state index in [1.165, 1.54) is 6.07 Å². The number of aryl methyl sites for hydroxylation is 1. The summed E-state index contributed by atoms with van der Waals surface area (Å²) in [7, 11) is 0. The van der Waals surface area contributed by atoms with Gasteiger partial charge in [-0.1, -0.05) is 12.1 Å². The van der Waals surface area contributed by atoms with Crippen LogP contribution < -0.4 is 17.0 Å². The van der Waals surface area contributed by atoms with Gasteiger partial charge >= 0.3 is 23.1 Å². The molecule has 0 radical (unpaired) electrons. The second-order valence-corrected chi connectivity index (χ2v) is 3.25. The fourth-order valence-corrected chi connectivity index (χ4v) is 1.40. The molecule has 3 heteroatoms. The molecule has 0 nitrogen and oxygen atoms in total. The Bertz CT molecular complexity index is 443. The second-order valence-electron chi connectivity index (χ2n) is 3.25. The molecule has 0 amide bonds. The standard InChI is InChI=1S/C13H10F.BrH.Mg/c1-10-9-12(7-8-13(10)14)11-5-3-2-4-6-11;;/h3-9H,1H3;1H;/q-1;;+2/p-1. The molecule has 0 aliphatic heterocycles. The number of halogens is 2. The Morgan fingerprint density at radius 1 is 1.00 bits per heavy atom. The Balaban J connectivity index is 0.00000112. The first kappa shape index (κ1) is 15.6. The molecule has 16 heavy (non-hydrogen) atoms. The van der Waals surface area contributed by atoms with Gasteiger partial charge < -0.3 is 17.0 Å². The van der Waals surface area contributed by atoms with Gasteiger partial charge in [0.1, 0.15) is 5.82 Å². The van der Waals surface area contributed by atoms with Crippen molar-refractivity contribution in [3.8, 4) is 11.1 Å². The number of hydrogen-bond acceptors (Lipinski definition) is 0. The summed E-state index contributed by atoms with van der Waals surface area (Å²) in [6.07, 6.45) is 0. The van der Waals surface area contributed by atoms with Gasteiger partial charge in [0.05, 0.1) is 0 Å². The third-order valence-corrected chi connectivity index (χ3v) is 2.21. The molecule has 0 spiro atoms. The number of rotatable bonds is 1. The predicted molar refractivity (Wildman–Crippen MR) is 61.2 cm³/mol. The molecule has 0 fully saturated rings. The van der Waals surface area contributed by atoms with Gasteiger partial charge in [-0.2, -0.15) is 30.3 Å². The quantitative estimate of drug-likeness (QED) is 0.521. The molecule has 78 valence electrons. The van der Waals surface area contributed by atoms with E-state index in [4.69, 9.17) is 0 Å². The third kappa shape index (κ3) is 3.58. The van der Waals surface area contributed by atoms with Gasteiger partial charge in [-0.3, -0.25) is 0 Å². The van der Waals surface area contributed by atoms with Crippen LogP contribution in [-0.4, -0.2) is 23.1 Å². The van der Waals surface area contributed by atoms with Crippen molar-refractivity contribution >= 4 is 23.1 Å². The normalized spacial score (nSPS) is 8.88. The molecular formula is C13H10BrFMg. The molecule has 0 bridgehead atoms. The van der Waals surface area contributed by atoms with E-state index in [1.807, 2.05) is 30.3 Å². The van der Waals surface area contributed by atoms with E-state index in [0.717, 1.165) is 11.1 Å². The molecule has 0 unspecified atom stereocenters. The summed E-state index contributed by atoms with van der Waals surface area (Å²) < 4.78 is 13.0. The van der Waals surface area contributed by atoms with Crippen LogP contribution in [0.4, 0.5) is 4.39 Å². The van der Waals surface area contributed by atoms with E-state index in [1.54, 1.807) is 13.0 Å². The Morgan fingerprint density at radius 2 is 1.62 bits per heavy atom. The first-order chi connectivity index (χ1) is 6.77. The van der Waals surface area contributed by atoms with Crippen LogP contribution in [-0.2, 0) is 0 Å². The minimum Gasteiger partial charge on any atom is -1.00 e. The zero-order chi connectivity index (χ0) is 9.97. The molecule has 0 aliphatic carbocycles. The molecule has 0 atom stereocenters. The molecule has 2 aromatic rings. The molecule has 2 rings (SSSR count). The van der Waals surface area contributed by atoms with Crippen molar-refractivity contribution < 1.29 is 21.4 Å². The summed E-state index contributed by atoms with van der Waals surface area (Å²) in [6.45, 7) is 1.77. The zero-order valence-corrected chi connectivity index (χ0v) is 12.0. The molecule has 0 saturated carbocycles. The van der Waals surface area contributed by atoms with Crippen molar-refractivity contribution in [2.24, 2.45) is 0 Å². The van der Waals surface area contributed by atoms with Gasteiger partial charge in [-0.25, -0.2) is 4.39 Å². The van der Waals surface area contributed by atoms with Crippen LogP contribution in [0.2, 0.25) is 0 Å². The van der Waals surface area contributed by atoms with Crippen LogP contribution >= 0.6 is 0 Å². The van der Waals surface area contributed by atoms with E-state index in [-0.39, 0.29) is 45.9 Å². The summed E-state index contributed by atoms with van der Waals surface area (Å²) in [4.78, 5) is 0. The maximum Gasteiger partial charge on any atom is 2.00 e. The average molecular weight is 289 g/mol. The summed E-state index contributed by atoms with van der Waals surface area (Å²) >= 11 is 0. The molecule has 0 aliphatic rings.